The Morgan fingerprint density at radius 2 is 2.10 bits per heavy atom. The quantitative estimate of drug-likeness (QED) is 0.895. The summed E-state index contributed by atoms with van der Waals surface area (Å²) in [5.74, 6) is 0.450. The SMILES string of the molecule is Cc1ccnc2c1nc(N)n2CC(=O)N1CCCCC1. The van der Waals surface area contributed by atoms with Crippen LogP contribution in [0.15, 0.2) is 12.3 Å². The number of nitrogens with two attached hydrogens (primary N) is 1. The first kappa shape index (κ1) is 12.9. The zero-order valence-corrected chi connectivity index (χ0v) is 11.7. The van der Waals surface area contributed by atoms with Gasteiger partial charge in [-0.1, -0.05) is 0 Å². The lowest BCUT2D eigenvalue weighted by Crippen LogP contribution is -2.37. The van der Waals surface area contributed by atoms with Gasteiger partial charge in [-0.05, 0) is 37.8 Å². The van der Waals surface area contributed by atoms with E-state index in [9.17, 15) is 4.79 Å². The van der Waals surface area contributed by atoms with Gasteiger partial charge in [0.05, 0.1) is 0 Å². The molecule has 0 radical (unpaired) electrons. The third kappa shape index (κ3) is 2.21. The Bertz CT molecular complexity index is 642. The van der Waals surface area contributed by atoms with Crippen LogP contribution in [0.4, 0.5) is 5.95 Å². The van der Waals surface area contributed by atoms with Crippen molar-refractivity contribution in [3.63, 3.8) is 0 Å². The van der Waals surface area contributed by atoms with Gasteiger partial charge in [0.1, 0.15) is 12.1 Å². The summed E-state index contributed by atoms with van der Waals surface area (Å²) in [6, 6.07) is 1.89. The van der Waals surface area contributed by atoms with E-state index in [0.29, 0.717) is 11.6 Å². The molecule has 2 aromatic rings. The number of nitrogen functional groups attached to an aromatic ring is 1. The molecule has 6 heteroatoms. The van der Waals surface area contributed by atoms with Crippen molar-refractivity contribution < 1.29 is 4.79 Å². The van der Waals surface area contributed by atoms with Gasteiger partial charge >= 0.3 is 0 Å². The number of hydrogen-bond donors (Lipinski definition) is 1. The van der Waals surface area contributed by atoms with Gasteiger partial charge in [0.15, 0.2) is 5.65 Å². The first-order chi connectivity index (χ1) is 9.66. The van der Waals surface area contributed by atoms with Crippen LogP contribution in [-0.4, -0.2) is 38.4 Å². The maximum atomic E-state index is 12.3. The van der Waals surface area contributed by atoms with Crippen LogP contribution in [0.2, 0.25) is 0 Å². The number of likely N-dealkylation sites (tertiary alicyclic amines) is 1. The molecule has 106 valence electrons. The number of fused-ring (bicyclic) bond motifs is 1. The standard InChI is InChI=1S/C14H19N5O/c1-10-5-6-16-13-12(10)17-14(15)19(13)9-11(20)18-7-3-2-4-8-18/h5-6H,2-4,7-9H2,1H3,(H2,15,17). The maximum absolute atomic E-state index is 12.3. The molecule has 1 amide bonds. The topological polar surface area (TPSA) is 77.0 Å². The Kier molecular flexibility index (Phi) is 3.30. The van der Waals surface area contributed by atoms with E-state index in [4.69, 9.17) is 5.73 Å². The fourth-order valence-corrected chi connectivity index (χ4v) is 2.69. The molecule has 0 aliphatic carbocycles. The van der Waals surface area contributed by atoms with Gasteiger partial charge in [0.2, 0.25) is 11.9 Å². The molecule has 0 unspecified atom stereocenters. The molecule has 6 nitrogen and oxygen atoms in total. The molecule has 1 aliphatic rings. The Balaban J connectivity index is 1.88. The predicted molar refractivity (Wildman–Crippen MR) is 77.1 cm³/mol. The summed E-state index contributed by atoms with van der Waals surface area (Å²) in [6.07, 6.45) is 5.11. The average molecular weight is 273 g/mol. The molecule has 3 heterocycles. The Labute approximate surface area is 117 Å². The fraction of sp³-hybridized carbons (Fsp3) is 0.500. The fourth-order valence-electron chi connectivity index (χ4n) is 2.69. The third-order valence-corrected chi connectivity index (χ3v) is 3.87. The lowest BCUT2D eigenvalue weighted by Gasteiger charge is -2.26. The number of aromatic nitrogens is 3. The maximum Gasteiger partial charge on any atom is 0.242 e. The van der Waals surface area contributed by atoms with Crippen LogP contribution in [0.1, 0.15) is 24.8 Å². The van der Waals surface area contributed by atoms with Gasteiger partial charge in [0.25, 0.3) is 0 Å². The van der Waals surface area contributed by atoms with Crippen LogP contribution in [0.25, 0.3) is 11.2 Å². The molecule has 0 saturated carbocycles. The van der Waals surface area contributed by atoms with Crippen molar-refractivity contribution in [3.05, 3.63) is 17.8 Å². The number of nitrogens with zero attached hydrogens (tertiary/aromatic N) is 4. The Hall–Kier alpha value is -2.11. The van der Waals surface area contributed by atoms with Crippen molar-refractivity contribution >= 4 is 23.0 Å². The molecule has 2 aromatic heterocycles. The number of rotatable bonds is 2. The van der Waals surface area contributed by atoms with E-state index in [-0.39, 0.29) is 12.5 Å². The van der Waals surface area contributed by atoms with E-state index in [1.807, 2.05) is 17.9 Å². The van der Waals surface area contributed by atoms with Gasteiger partial charge < -0.3 is 10.6 Å². The normalized spacial score (nSPS) is 15.8. The van der Waals surface area contributed by atoms with Gasteiger partial charge in [-0.25, -0.2) is 9.97 Å². The van der Waals surface area contributed by atoms with Crippen LogP contribution in [0.5, 0.6) is 0 Å². The second-order valence-corrected chi connectivity index (χ2v) is 5.30. The summed E-state index contributed by atoms with van der Waals surface area (Å²) in [5, 5.41) is 0. The van der Waals surface area contributed by atoms with Crippen molar-refractivity contribution in [2.75, 3.05) is 18.8 Å². The van der Waals surface area contributed by atoms with Gasteiger partial charge in [-0.3, -0.25) is 9.36 Å². The number of aryl methyl sites for hydroxylation is 1. The minimum Gasteiger partial charge on any atom is -0.369 e. The summed E-state index contributed by atoms with van der Waals surface area (Å²) in [6.45, 7) is 3.88. The van der Waals surface area contributed by atoms with Crippen LogP contribution in [0, 0.1) is 6.92 Å². The molecular formula is C14H19N5O. The van der Waals surface area contributed by atoms with E-state index >= 15 is 0 Å². The number of carbonyl (C=O) groups excluding carboxylic acids is 1. The minimum absolute atomic E-state index is 0.0963. The number of amides is 1. The van der Waals surface area contributed by atoms with E-state index in [1.54, 1.807) is 10.8 Å². The highest BCUT2D eigenvalue weighted by Crippen LogP contribution is 2.19. The smallest absolute Gasteiger partial charge is 0.242 e. The number of anilines is 1. The number of piperidine rings is 1. The van der Waals surface area contributed by atoms with Gasteiger partial charge in [0, 0.05) is 19.3 Å². The van der Waals surface area contributed by atoms with Crippen LogP contribution >= 0.6 is 0 Å². The molecule has 0 aromatic carbocycles. The van der Waals surface area contributed by atoms with Crippen LogP contribution in [0.3, 0.4) is 0 Å². The van der Waals surface area contributed by atoms with E-state index in [1.165, 1.54) is 6.42 Å². The predicted octanol–water partition coefficient (Wildman–Crippen LogP) is 1.33. The summed E-state index contributed by atoms with van der Waals surface area (Å²) >= 11 is 0. The number of pyridine rings is 1. The molecule has 3 rings (SSSR count). The Morgan fingerprint density at radius 1 is 1.35 bits per heavy atom. The van der Waals surface area contributed by atoms with Crippen molar-refractivity contribution in [2.24, 2.45) is 0 Å². The monoisotopic (exact) mass is 273 g/mol. The largest absolute Gasteiger partial charge is 0.369 e. The van der Waals surface area contributed by atoms with E-state index in [0.717, 1.165) is 37.0 Å². The number of hydrogen-bond acceptors (Lipinski definition) is 4. The molecule has 1 aliphatic heterocycles. The minimum atomic E-state index is 0.0963. The zero-order chi connectivity index (χ0) is 14.1. The first-order valence-corrected chi connectivity index (χ1v) is 7.02. The van der Waals surface area contributed by atoms with Crippen molar-refractivity contribution in [1.29, 1.82) is 0 Å². The average Bonchev–Trinajstić information content (AvgIpc) is 2.78. The van der Waals surface area contributed by atoms with Crippen molar-refractivity contribution in [2.45, 2.75) is 32.7 Å². The van der Waals surface area contributed by atoms with E-state index in [2.05, 4.69) is 9.97 Å². The number of imidazole rings is 1. The molecule has 1 fully saturated rings. The van der Waals surface area contributed by atoms with Crippen molar-refractivity contribution in [3.8, 4) is 0 Å². The molecular weight excluding hydrogens is 254 g/mol. The molecule has 0 spiro atoms. The zero-order valence-electron chi connectivity index (χ0n) is 11.7. The van der Waals surface area contributed by atoms with Crippen LogP contribution in [-0.2, 0) is 11.3 Å². The second-order valence-electron chi connectivity index (χ2n) is 5.30. The Morgan fingerprint density at radius 3 is 2.85 bits per heavy atom. The molecule has 0 atom stereocenters. The second kappa shape index (κ2) is 5.11. The number of carbonyl (C=O) groups is 1. The first-order valence-electron chi connectivity index (χ1n) is 7.02. The molecule has 20 heavy (non-hydrogen) atoms. The molecule has 0 bridgehead atoms. The summed E-state index contributed by atoms with van der Waals surface area (Å²) in [4.78, 5) is 22.9. The molecule has 2 N–H and O–H groups in total. The summed E-state index contributed by atoms with van der Waals surface area (Å²) in [5.41, 5.74) is 8.42. The lowest BCUT2D eigenvalue weighted by atomic mass is 10.1. The highest BCUT2D eigenvalue weighted by molar-refractivity contribution is 5.82. The van der Waals surface area contributed by atoms with Crippen molar-refractivity contribution in [1.82, 2.24) is 19.4 Å². The summed E-state index contributed by atoms with van der Waals surface area (Å²) < 4.78 is 1.71. The third-order valence-electron chi connectivity index (χ3n) is 3.87. The van der Waals surface area contributed by atoms with Gasteiger partial charge in [-0.15, -0.1) is 0 Å². The van der Waals surface area contributed by atoms with E-state index < -0.39 is 0 Å². The molecule has 1 saturated heterocycles. The summed E-state index contributed by atoms with van der Waals surface area (Å²) in [7, 11) is 0. The highest BCUT2D eigenvalue weighted by Gasteiger charge is 2.19. The van der Waals surface area contributed by atoms with Gasteiger partial charge in [-0.2, -0.15) is 0 Å². The lowest BCUT2D eigenvalue weighted by molar-refractivity contribution is -0.132. The highest BCUT2D eigenvalue weighted by atomic mass is 16.2. The van der Waals surface area contributed by atoms with Crippen LogP contribution < -0.4 is 5.73 Å².